The molecule has 6 nitrogen and oxygen atoms in total. The van der Waals surface area contributed by atoms with Gasteiger partial charge in [-0.2, -0.15) is 5.10 Å². The van der Waals surface area contributed by atoms with Crippen LogP contribution in [0.4, 0.5) is 13.2 Å². The van der Waals surface area contributed by atoms with E-state index in [1.807, 2.05) is 25.1 Å². The van der Waals surface area contributed by atoms with Crippen molar-refractivity contribution in [3.8, 4) is 0 Å². The summed E-state index contributed by atoms with van der Waals surface area (Å²) in [5.41, 5.74) is 0.591. The monoisotopic (exact) mass is 473 g/mol. The number of carbonyl (C=O) groups excluding carboxylic acids is 1. The normalized spacial score (nSPS) is 17.0. The van der Waals surface area contributed by atoms with Gasteiger partial charge in [-0.05, 0) is 69.6 Å². The van der Waals surface area contributed by atoms with E-state index in [0.29, 0.717) is 42.3 Å². The van der Waals surface area contributed by atoms with E-state index >= 15 is 0 Å². The summed E-state index contributed by atoms with van der Waals surface area (Å²) >= 11 is 0. The van der Waals surface area contributed by atoms with E-state index < -0.39 is 17.3 Å². The molecular weight excluding hydrogens is 443 g/mol. The van der Waals surface area contributed by atoms with Crippen LogP contribution in [0.15, 0.2) is 42.9 Å². The molecule has 0 spiro atoms. The number of carbonyl (C=O) groups is 1. The molecule has 0 bridgehead atoms. The lowest BCUT2D eigenvalue weighted by molar-refractivity contribution is -0.123. The average molecular weight is 474 g/mol. The highest BCUT2D eigenvalue weighted by Crippen LogP contribution is 2.65. The fourth-order valence-electron chi connectivity index (χ4n) is 4.83. The first kappa shape index (κ1) is 24.2. The standard InChI is InChI=1S/C25H30F3N5O/c1-24(27,28)25(6-7-25)20(17-5-4-8-29-13-17)12-22(34)30-15-19(33(2)3)10-16-9-18-14-31-32-23(18)21(26)11-16/h4-5,8-9,11,13-14,19-20H,6-7,10,12,15H2,1-3H3,(H,30,34)(H,31,32)/t19-,20+/m0/s1. The SMILES string of the molecule is CN(C)[C@H](CNC(=O)C[C@H](c1cccnc1)C1(C(C)(F)F)CC1)Cc1cc(F)c2[nH]ncc2c1. The Morgan fingerprint density at radius 1 is 1.29 bits per heavy atom. The number of pyridine rings is 1. The minimum atomic E-state index is -2.89. The highest BCUT2D eigenvalue weighted by molar-refractivity contribution is 5.79. The molecule has 3 aromatic rings. The van der Waals surface area contributed by atoms with Gasteiger partial charge in [0.25, 0.3) is 5.92 Å². The van der Waals surface area contributed by atoms with Crippen molar-refractivity contribution in [2.24, 2.45) is 5.41 Å². The van der Waals surface area contributed by atoms with Crippen LogP contribution in [0.5, 0.6) is 0 Å². The molecule has 0 saturated heterocycles. The van der Waals surface area contributed by atoms with Crippen LogP contribution in [-0.2, 0) is 11.2 Å². The Kier molecular flexibility index (Phi) is 6.66. The molecule has 2 heterocycles. The van der Waals surface area contributed by atoms with Crippen LogP contribution in [0.1, 0.15) is 43.2 Å². The van der Waals surface area contributed by atoms with Crippen LogP contribution in [0.25, 0.3) is 10.9 Å². The van der Waals surface area contributed by atoms with Gasteiger partial charge in [-0.3, -0.25) is 14.9 Å². The fourth-order valence-corrected chi connectivity index (χ4v) is 4.83. The van der Waals surface area contributed by atoms with Gasteiger partial charge in [0, 0.05) is 48.1 Å². The van der Waals surface area contributed by atoms with Crippen LogP contribution in [0, 0.1) is 11.2 Å². The van der Waals surface area contributed by atoms with E-state index in [0.717, 1.165) is 12.5 Å². The number of fused-ring (bicyclic) bond motifs is 1. The third kappa shape index (κ3) is 4.94. The molecule has 1 fully saturated rings. The molecule has 1 saturated carbocycles. The fraction of sp³-hybridized carbons (Fsp3) is 0.480. The lowest BCUT2D eigenvalue weighted by Gasteiger charge is -2.32. The van der Waals surface area contributed by atoms with Crippen molar-refractivity contribution in [2.45, 2.75) is 50.5 Å². The third-order valence-corrected chi connectivity index (χ3v) is 7.10. The van der Waals surface area contributed by atoms with Gasteiger partial charge in [0.15, 0.2) is 0 Å². The van der Waals surface area contributed by atoms with Gasteiger partial charge >= 0.3 is 0 Å². The van der Waals surface area contributed by atoms with E-state index in [4.69, 9.17) is 0 Å². The number of amides is 1. The summed E-state index contributed by atoms with van der Waals surface area (Å²) in [5, 5.41) is 10.1. The van der Waals surface area contributed by atoms with Crippen molar-refractivity contribution in [1.82, 2.24) is 25.4 Å². The first-order chi connectivity index (χ1) is 16.1. The zero-order valence-electron chi connectivity index (χ0n) is 19.6. The van der Waals surface area contributed by atoms with E-state index in [1.165, 1.54) is 6.07 Å². The van der Waals surface area contributed by atoms with Crippen LogP contribution < -0.4 is 5.32 Å². The average Bonchev–Trinajstić information content (AvgIpc) is 3.46. The number of aromatic nitrogens is 3. The topological polar surface area (TPSA) is 73.9 Å². The van der Waals surface area contributed by atoms with Gasteiger partial charge in [0.05, 0.1) is 6.20 Å². The summed E-state index contributed by atoms with van der Waals surface area (Å²) in [7, 11) is 3.78. The molecule has 2 atom stereocenters. The van der Waals surface area contributed by atoms with Gasteiger partial charge in [-0.1, -0.05) is 6.07 Å². The zero-order chi connectivity index (χ0) is 24.5. The summed E-state index contributed by atoms with van der Waals surface area (Å²) in [5.74, 6) is -4.17. The number of hydrogen-bond donors (Lipinski definition) is 2. The summed E-state index contributed by atoms with van der Waals surface area (Å²) in [6, 6.07) is 6.71. The maximum atomic E-state index is 14.5. The minimum absolute atomic E-state index is 0.0368. The molecule has 34 heavy (non-hydrogen) atoms. The Morgan fingerprint density at radius 2 is 2.06 bits per heavy atom. The number of hydrogen-bond acceptors (Lipinski definition) is 4. The predicted molar refractivity (Wildman–Crippen MR) is 124 cm³/mol. The molecule has 2 aromatic heterocycles. The number of alkyl halides is 2. The molecule has 2 N–H and O–H groups in total. The van der Waals surface area contributed by atoms with Crippen molar-refractivity contribution in [2.75, 3.05) is 20.6 Å². The summed E-state index contributed by atoms with van der Waals surface area (Å²) < 4.78 is 43.4. The van der Waals surface area contributed by atoms with Gasteiger partial charge < -0.3 is 10.2 Å². The number of rotatable bonds is 10. The molecule has 1 amide bonds. The maximum Gasteiger partial charge on any atom is 0.251 e. The second-order valence-corrected chi connectivity index (χ2v) is 9.63. The quantitative estimate of drug-likeness (QED) is 0.461. The van der Waals surface area contributed by atoms with Crippen molar-refractivity contribution in [3.63, 3.8) is 0 Å². The van der Waals surface area contributed by atoms with Crippen molar-refractivity contribution in [3.05, 3.63) is 59.8 Å². The van der Waals surface area contributed by atoms with Crippen LogP contribution >= 0.6 is 0 Å². The van der Waals surface area contributed by atoms with Gasteiger partial charge in [-0.15, -0.1) is 0 Å². The first-order valence-corrected chi connectivity index (χ1v) is 11.4. The number of nitrogens with zero attached hydrogens (tertiary/aromatic N) is 3. The van der Waals surface area contributed by atoms with Crippen LogP contribution in [0.2, 0.25) is 0 Å². The van der Waals surface area contributed by atoms with Crippen LogP contribution in [-0.4, -0.2) is 58.6 Å². The van der Waals surface area contributed by atoms with E-state index in [9.17, 15) is 18.0 Å². The first-order valence-electron chi connectivity index (χ1n) is 11.4. The number of halogens is 3. The molecule has 1 aromatic carbocycles. The summed E-state index contributed by atoms with van der Waals surface area (Å²) in [6.45, 7) is 1.26. The van der Waals surface area contributed by atoms with Gasteiger partial charge in [0.2, 0.25) is 5.91 Å². The lowest BCUT2D eigenvalue weighted by atomic mass is 9.77. The smallest absolute Gasteiger partial charge is 0.251 e. The summed E-state index contributed by atoms with van der Waals surface area (Å²) in [6.07, 6.45) is 5.98. The second kappa shape index (κ2) is 9.37. The largest absolute Gasteiger partial charge is 0.355 e. The Labute approximate surface area is 196 Å². The van der Waals surface area contributed by atoms with Crippen LogP contribution in [0.3, 0.4) is 0 Å². The number of aromatic amines is 1. The molecule has 4 rings (SSSR count). The zero-order valence-corrected chi connectivity index (χ0v) is 19.6. The second-order valence-electron chi connectivity index (χ2n) is 9.63. The van der Waals surface area contributed by atoms with Crippen molar-refractivity contribution < 1.29 is 18.0 Å². The number of likely N-dealkylation sites (N-methyl/N-ethyl adjacent to an activating group) is 1. The molecule has 9 heteroatoms. The molecule has 0 unspecified atom stereocenters. The van der Waals surface area contributed by atoms with Gasteiger partial charge in [0.1, 0.15) is 11.3 Å². The molecule has 1 aliphatic carbocycles. The number of benzene rings is 1. The van der Waals surface area contributed by atoms with E-state index in [1.54, 1.807) is 30.7 Å². The van der Waals surface area contributed by atoms with Crippen molar-refractivity contribution >= 4 is 16.8 Å². The highest BCUT2D eigenvalue weighted by atomic mass is 19.3. The Hall–Kier alpha value is -2.94. The predicted octanol–water partition coefficient (Wildman–Crippen LogP) is 4.30. The highest BCUT2D eigenvalue weighted by Gasteiger charge is 2.63. The minimum Gasteiger partial charge on any atom is -0.355 e. The Bertz CT molecular complexity index is 1140. The third-order valence-electron chi connectivity index (χ3n) is 7.10. The molecular formula is C25H30F3N5O. The molecule has 1 aliphatic rings. The summed E-state index contributed by atoms with van der Waals surface area (Å²) in [4.78, 5) is 19.0. The molecule has 182 valence electrons. The van der Waals surface area contributed by atoms with E-state index in [-0.39, 0.29) is 24.2 Å². The van der Waals surface area contributed by atoms with E-state index in [2.05, 4.69) is 20.5 Å². The maximum absolute atomic E-state index is 14.5. The Balaban J connectivity index is 1.44. The van der Waals surface area contributed by atoms with Gasteiger partial charge in [-0.25, -0.2) is 13.2 Å². The Morgan fingerprint density at radius 3 is 2.68 bits per heavy atom. The van der Waals surface area contributed by atoms with Crippen molar-refractivity contribution in [1.29, 1.82) is 0 Å². The number of H-pyrrole nitrogens is 1. The lowest BCUT2D eigenvalue weighted by Crippen LogP contribution is -2.43. The number of nitrogens with one attached hydrogen (secondary N) is 2. The molecule has 0 radical (unpaired) electrons. The molecule has 0 aliphatic heterocycles.